The van der Waals surface area contributed by atoms with E-state index in [0.717, 1.165) is 48.3 Å². The summed E-state index contributed by atoms with van der Waals surface area (Å²) in [5.74, 6) is 1.23. The number of piperazine rings is 1. The minimum atomic E-state index is -0.161. The first-order valence-corrected chi connectivity index (χ1v) is 13.3. The molecule has 2 N–H and O–H groups in total. The summed E-state index contributed by atoms with van der Waals surface area (Å²) < 4.78 is 24.4. The lowest BCUT2D eigenvalue weighted by Gasteiger charge is -2.29. The molecule has 1 aromatic heterocycles. The smallest absolute Gasteiger partial charge is 0.239 e. The lowest BCUT2D eigenvalue weighted by Crippen LogP contribution is -2.48. The van der Waals surface area contributed by atoms with Crippen LogP contribution >= 0.6 is 0 Å². The fourth-order valence-corrected chi connectivity index (χ4v) is 4.73. The van der Waals surface area contributed by atoms with Gasteiger partial charge in [0, 0.05) is 60.6 Å². The molecule has 2 aliphatic heterocycles. The molecule has 0 unspecified atom stereocenters. The van der Waals surface area contributed by atoms with Crippen LogP contribution in [0.5, 0.6) is 11.6 Å². The minimum Gasteiger partial charge on any atom is -0.438 e. The van der Waals surface area contributed by atoms with E-state index in [2.05, 4.69) is 25.5 Å². The maximum Gasteiger partial charge on any atom is 0.239 e. The number of carbonyl (C=O) groups excluding carboxylic acids is 2. The third-order valence-electron chi connectivity index (χ3n) is 6.65. The number of anilines is 3. The number of hydrogen-bond donors (Lipinski definition) is 2. The highest BCUT2D eigenvalue weighted by Gasteiger charge is 2.19. The molecule has 6 rings (SSSR count). The first-order chi connectivity index (χ1) is 20.0. The number of nitrogens with zero attached hydrogens (tertiary/aromatic N) is 4. The minimum absolute atomic E-state index is 0.0552. The van der Waals surface area contributed by atoms with Gasteiger partial charge in [-0.2, -0.15) is 4.98 Å². The number of benzene rings is 3. The predicted molar refractivity (Wildman–Crippen MR) is 155 cm³/mol. The topological polar surface area (TPSA) is 109 Å². The van der Waals surface area contributed by atoms with Crippen LogP contribution in [0.2, 0.25) is 0 Å². The summed E-state index contributed by atoms with van der Waals surface area (Å²) in [7, 11) is 0. The Kier molecular flexibility index (Phi) is 8.85. The Morgan fingerprint density at radius 3 is 2.59 bits per heavy atom. The Labute approximate surface area is 237 Å². The third-order valence-corrected chi connectivity index (χ3v) is 6.65. The second kappa shape index (κ2) is 13.1. The molecule has 0 radical (unpaired) electrons. The first kappa shape index (κ1) is 27.8. The van der Waals surface area contributed by atoms with E-state index >= 15 is 0 Å². The molecule has 2 fully saturated rings. The molecular weight excluding hydrogens is 527 g/mol. The van der Waals surface area contributed by atoms with Crippen molar-refractivity contribution >= 4 is 40.4 Å². The van der Waals surface area contributed by atoms with Crippen LogP contribution in [-0.4, -0.2) is 68.2 Å². The van der Waals surface area contributed by atoms with Crippen molar-refractivity contribution < 1.29 is 23.5 Å². The molecule has 3 heterocycles. The average Bonchev–Trinajstić information content (AvgIpc) is 2.99. The largest absolute Gasteiger partial charge is 0.438 e. The highest BCUT2D eigenvalue weighted by atomic mass is 19.1. The van der Waals surface area contributed by atoms with Crippen molar-refractivity contribution in [3.63, 3.8) is 0 Å². The number of nitrogens with one attached hydrogen (secondary N) is 2. The molecule has 11 heteroatoms. The van der Waals surface area contributed by atoms with Crippen LogP contribution in [0.25, 0.3) is 10.8 Å². The van der Waals surface area contributed by atoms with Gasteiger partial charge in [-0.3, -0.25) is 9.59 Å². The van der Waals surface area contributed by atoms with Crippen molar-refractivity contribution in [1.29, 1.82) is 0 Å². The van der Waals surface area contributed by atoms with Gasteiger partial charge in [-0.1, -0.05) is 24.3 Å². The molecule has 0 aliphatic carbocycles. The van der Waals surface area contributed by atoms with Gasteiger partial charge in [-0.05, 0) is 42.8 Å². The summed E-state index contributed by atoms with van der Waals surface area (Å²) in [6.07, 6.45) is 2.25. The number of halogens is 1. The van der Waals surface area contributed by atoms with E-state index < -0.39 is 0 Å². The summed E-state index contributed by atoms with van der Waals surface area (Å²) >= 11 is 0. The lowest BCUT2D eigenvalue weighted by atomic mass is 10.1. The molecule has 4 aromatic rings. The van der Waals surface area contributed by atoms with Crippen LogP contribution < -0.4 is 25.2 Å². The Bertz CT molecular complexity index is 1510. The maximum absolute atomic E-state index is 13.1. The summed E-state index contributed by atoms with van der Waals surface area (Å²) in [4.78, 5) is 35.0. The van der Waals surface area contributed by atoms with Crippen LogP contribution in [0.1, 0.15) is 5.56 Å². The van der Waals surface area contributed by atoms with Gasteiger partial charge in [-0.15, -0.1) is 0 Å². The number of aryl methyl sites for hydroxylation is 1. The van der Waals surface area contributed by atoms with Crippen LogP contribution in [-0.2, 0) is 14.3 Å². The first-order valence-electron chi connectivity index (χ1n) is 13.3. The summed E-state index contributed by atoms with van der Waals surface area (Å²) in [5.41, 5.74) is 2.63. The van der Waals surface area contributed by atoms with Crippen molar-refractivity contribution in [3.05, 3.63) is 78.2 Å². The quantitative estimate of drug-likeness (QED) is 0.343. The molecule has 0 spiro atoms. The normalized spacial score (nSPS) is 15.0. The van der Waals surface area contributed by atoms with Crippen molar-refractivity contribution in [2.45, 2.75) is 6.92 Å². The Hall–Kier alpha value is -4.77. The molecule has 41 heavy (non-hydrogen) atoms. The zero-order valence-electron chi connectivity index (χ0n) is 22.7. The molecule has 2 saturated heterocycles. The molecule has 212 valence electrons. The van der Waals surface area contributed by atoms with Gasteiger partial charge in [0.25, 0.3) is 0 Å². The van der Waals surface area contributed by atoms with Crippen LogP contribution in [0.4, 0.5) is 21.7 Å². The Morgan fingerprint density at radius 1 is 1.02 bits per heavy atom. The number of amides is 2. The summed E-state index contributed by atoms with van der Waals surface area (Å²) in [6.45, 7) is 6.50. The lowest BCUT2D eigenvalue weighted by molar-refractivity contribution is -0.120. The fraction of sp³-hybridized carbons (Fsp3) is 0.267. The van der Waals surface area contributed by atoms with Crippen LogP contribution in [0.15, 0.2) is 66.9 Å². The van der Waals surface area contributed by atoms with Gasteiger partial charge in [0.2, 0.25) is 24.1 Å². The fourth-order valence-electron chi connectivity index (χ4n) is 4.73. The number of hydrogen-bond acceptors (Lipinski definition) is 8. The van der Waals surface area contributed by atoms with Gasteiger partial charge < -0.3 is 29.9 Å². The number of carbonyl (C=O) groups is 2. The summed E-state index contributed by atoms with van der Waals surface area (Å²) in [5, 5.41) is 7.18. The summed E-state index contributed by atoms with van der Waals surface area (Å²) in [6, 6.07) is 18.0. The number of morpholine rings is 1. The van der Waals surface area contributed by atoms with Crippen molar-refractivity contribution in [2.24, 2.45) is 0 Å². The maximum atomic E-state index is 13.1. The number of fused-ring (bicyclic) bond motifs is 1. The standard InChI is InChI=1S/C19H17N5O3.C11H14FNO/c25-12-22-15-5-6-16(14-4-2-1-3-13(14)15)27-18-7-8-21-19(23-18)24-10-9-20-17(26)11-24;1-9-6-10(12)8-11(7-9)13-2-4-14-5-3-13/h1-8,12H,9-11H2,(H,20,26)(H,22,25);6-8H,2-5H2,1H3. The highest BCUT2D eigenvalue weighted by Crippen LogP contribution is 2.34. The van der Waals surface area contributed by atoms with Gasteiger partial charge in [-0.25, -0.2) is 9.37 Å². The molecule has 2 aliphatic rings. The van der Waals surface area contributed by atoms with E-state index in [9.17, 15) is 14.0 Å². The molecule has 0 bridgehead atoms. The van der Waals surface area contributed by atoms with Crippen LogP contribution in [0.3, 0.4) is 0 Å². The molecule has 10 nitrogen and oxygen atoms in total. The molecular formula is C30H31FN6O4. The number of rotatable bonds is 6. The number of aromatic nitrogens is 2. The highest BCUT2D eigenvalue weighted by molar-refractivity contribution is 6.00. The Balaban J connectivity index is 0.000000202. The van der Waals surface area contributed by atoms with E-state index in [4.69, 9.17) is 9.47 Å². The van der Waals surface area contributed by atoms with E-state index in [1.54, 1.807) is 41.4 Å². The van der Waals surface area contributed by atoms with E-state index in [1.165, 1.54) is 0 Å². The van der Waals surface area contributed by atoms with E-state index in [1.807, 2.05) is 37.3 Å². The second-order valence-electron chi connectivity index (χ2n) is 9.57. The zero-order chi connectivity index (χ0) is 28.6. The average molecular weight is 559 g/mol. The third kappa shape index (κ3) is 7.06. The van der Waals surface area contributed by atoms with Gasteiger partial charge in [0.15, 0.2) is 0 Å². The van der Waals surface area contributed by atoms with E-state index in [0.29, 0.717) is 42.8 Å². The molecule has 0 saturated carbocycles. The molecule has 2 amide bonds. The second-order valence-corrected chi connectivity index (χ2v) is 9.57. The van der Waals surface area contributed by atoms with Crippen molar-refractivity contribution in [1.82, 2.24) is 15.3 Å². The van der Waals surface area contributed by atoms with Gasteiger partial charge in [0.05, 0.1) is 19.8 Å². The molecule has 0 atom stereocenters. The SMILES string of the molecule is Cc1cc(F)cc(N2CCOCC2)c1.O=CNc1ccc(Oc2ccnc(N3CCNC(=O)C3)n2)c2ccccc12. The predicted octanol–water partition coefficient (Wildman–Crippen LogP) is 3.90. The Morgan fingerprint density at radius 2 is 1.83 bits per heavy atom. The van der Waals surface area contributed by atoms with E-state index in [-0.39, 0.29) is 18.3 Å². The van der Waals surface area contributed by atoms with Crippen molar-refractivity contribution in [2.75, 3.05) is 61.1 Å². The van der Waals surface area contributed by atoms with Gasteiger partial charge >= 0.3 is 0 Å². The number of ether oxygens (including phenoxy) is 2. The molecule has 3 aromatic carbocycles. The monoisotopic (exact) mass is 558 g/mol. The van der Waals surface area contributed by atoms with Gasteiger partial charge in [0.1, 0.15) is 11.6 Å². The van der Waals surface area contributed by atoms with Crippen molar-refractivity contribution in [3.8, 4) is 11.6 Å². The zero-order valence-corrected chi connectivity index (χ0v) is 22.7. The van der Waals surface area contributed by atoms with Crippen LogP contribution in [0, 0.1) is 12.7 Å².